The van der Waals surface area contributed by atoms with E-state index < -0.39 is 0 Å². The molecule has 7 heteroatoms. The molecular formula is C25H36IN3O3. The maximum Gasteiger partial charge on any atom is 0.193 e. The number of hydrogen-bond donors (Lipinski definition) is 1. The van der Waals surface area contributed by atoms with Crippen LogP contribution in [0, 0.1) is 5.92 Å². The Kier molecular flexibility index (Phi) is 11.1. The Hall–Kier alpha value is -2.00. The number of aliphatic imine (C=N–C) groups is 1. The van der Waals surface area contributed by atoms with Crippen LogP contribution in [-0.2, 0) is 11.3 Å². The number of benzene rings is 2. The standard InChI is InChI=1S/C25H35N3O3.HI/c1-5-26-25(28(2)18-21-13-14-22(29-3)16-23(21)30-4)27-17-20-12-9-15-31-24(20)19-10-7-6-8-11-19;/h6-8,10-11,13-14,16,20,24H,5,9,12,15,17-18H2,1-4H3,(H,26,27);1H. The Morgan fingerprint density at radius 3 is 2.62 bits per heavy atom. The zero-order valence-electron chi connectivity index (χ0n) is 19.5. The SMILES string of the molecule is CCNC(=NCC1CCCOC1c1ccccc1)N(C)Cc1ccc(OC)cc1OC.I. The third kappa shape index (κ3) is 7.00. The summed E-state index contributed by atoms with van der Waals surface area (Å²) in [4.78, 5) is 7.12. The summed E-state index contributed by atoms with van der Waals surface area (Å²) in [5.74, 6) is 2.85. The summed E-state index contributed by atoms with van der Waals surface area (Å²) in [7, 11) is 5.40. The van der Waals surface area contributed by atoms with E-state index in [9.17, 15) is 0 Å². The fraction of sp³-hybridized carbons (Fsp3) is 0.480. The molecule has 1 fully saturated rings. The highest BCUT2D eigenvalue weighted by Gasteiger charge is 2.27. The number of methoxy groups -OCH3 is 2. The molecule has 3 rings (SSSR count). The molecule has 6 nitrogen and oxygen atoms in total. The number of nitrogens with one attached hydrogen (secondary N) is 1. The van der Waals surface area contributed by atoms with Gasteiger partial charge in [0.2, 0.25) is 0 Å². The maximum atomic E-state index is 6.15. The minimum Gasteiger partial charge on any atom is -0.497 e. The highest BCUT2D eigenvalue weighted by atomic mass is 127. The molecule has 0 aliphatic carbocycles. The van der Waals surface area contributed by atoms with Crippen LogP contribution in [0.3, 0.4) is 0 Å². The van der Waals surface area contributed by atoms with Crippen LogP contribution < -0.4 is 14.8 Å². The molecule has 1 heterocycles. The van der Waals surface area contributed by atoms with Crippen molar-refractivity contribution in [3.63, 3.8) is 0 Å². The summed E-state index contributed by atoms with van der Waals surface area (Å²) in [6, 6.07) is 16.4. The quantitative estimate of drug-likeness (QED) is 0.287. The highest BCUT2D eigenvalue weighted by Crippen LogP contribution is 2.33. The van der Waals surface area contributed by atoms with Crippen molar-refractivity contribution in [2.24, 2.45) is 10.9 Å². The molecule has 0 aromatic heterocycles. The van der Waals surface area contributed by atoms with Crippen LogP contribution in [0.1, 0.15) is 37.0 Å². The van der Waals surface area contributed by atoms with Crippen LogP contribution in [-0.4, -0.2) is 51.8 Å². The van der Waals surface area contributed by atoms with E-state index in [0.29, 0.717) is 12.5 Å². The van der Waals surface area contributed by atoms with Crippen LogP contribution in [0.4, 0.5) is 0 Å². The van der Waals surface area contributed by atoms with Gasteiger partial charge in [0.05, 0.1) is 20.3 Å². The molecule has 1 aliphatic heterocycles. The van der Waals surface area contributed by atoms with E-state index in [1.54, 1.807) is 14.2 Å². The van der Waals surface area contributed by atoms with E-state index >= 15 is 0 Å². The smallest absolute Gasteiger partial charge is 0.193 e. The Bertz CT molecular complexity index is 848. The van der Waals surface area contributed by atoms with E-state index in [4.69, 9.17) is 19.2 Å². The average molecular weight is 553 g/mol. The second kappa shape index (κ2) is 13.5. The van der Waals surface area contributed by atoms with Gasteiger partial charge in [0.15, 0.2) is 5.96 Å². The molecule has 0 saturated carbocycles. The van der Waals surface area contributed by atoms with Gasteiger partial charge in [-0.05, 0) is 37.5 Å². The van der Waals surface area contributed by atoms with Gasteiger partial charge >= 0.3 is 0 Å². The zero-order valence-corrected chi connectivity index (χ0v) is 21.9. The molecule has 176 valence electrons. The third-order valence-corrected chi connectivity index (χ3v) is 5.65. The van der Waals surface area contributed by atoms with Gasteiger partial charge in [0.1, 0.15) is 11.5 Å². The lowest BCUT2D eigenvalue weighted by Gasteiger charge is -2.32. The van der Waals surface area contributed by atoms with Gasteiger partial charge in [0, 0.05) is 50.8 Å². The highest BCUT2D eigenvalue weighted by molar-refractivity contribution is 14.0. The van der Waals surface area contributed by atoms with Gasteiger partial charge in [0.25, 0.3) is 0 Å². The van der Waals surface area contributed by atoms with Crippen molar-refractivity contribution in [2.45, 2.75) is 32.4 Å². The van der Waals surface area contributed by atoms with Crippen molar-refractivity contribution in [1.82, 2.24) is 10.2 Å². The summed E-state index contributed by atoms with van der Waals surface area (Å²) < 4.78 is 17.0. The monoisotopic (exact) mass is 553 g/mol. The second-order valence-electron chi connectivity index (χ2n) is 7.83. The summed E-state index contributed by atoms with van der Waals surface area (Å²) in [5, 5.41) is 3.43. The van der Waals surface area contributed by atoms with Crippen LogP contribution in [0.5, 0.6) is 11.5 Å². The molecule has 1 aliphatic rings. The number of ether oxygens (including phenoxy) is 3. The van der Waals surface area contributed by atoms with E-state index in [0.717, 1.165) is 55.6 Å². The van der Waals surface area contributed by atoms with Gasteiger partial charge < -0.3 is 24.4 Å². The number of guanidine groups is 1. The molecule has 0 radical (unpaired) electrons. The number of halogens is 1. The van der Waals surface area contributed by atoms with Crippen molar-refractivity contribution in [1.29, 1.82) is 0 Å². The van der Waals surface area contributed by atoms with Gasteiger partial charge in [-0.3, -0.25) is 4.99 Å². The van der Waals surface area contributed by atoms with Crippen molar-refractivity contribution < 1.29 is 14.2 Å². The number of nitrogens with zero attached hydrogens (tertiary/aromatic N) is 2. The topological polar surface area (TPSA) is 55.3 Å². The summed E-state index contributed by atoms with van der Waals surface area (Å²) in [6.45, 7) is 5.13. The summed E-state index contributed by atoms with van der Waals surface area (Å²) in [5.41, 5.74) is 2.32. The zero-order chi connectivity index (χ0) is 22.1. The van der Waals surface area contributed by atoms with Crippen molar-refractivity contribution in [2.75, 3.05) is 41.0 Å². The third-order valence-electron chi connectivity index (χ3n) is 5.65. The van der Waals surface area contributed by atoms with Crippen molar-refractivity contribution in [3.05, 3.63) is 59.7 Å². The molecule has 2 unspecified atom stereocenters. The largest absolute Gasteiger partial charge is 0.497 e. The average Bonchev–Trinajstić information content (AvgIpc) is 2.82. The Balaban J connectivity index is 0.00000363. The minimum absolute atomic E-state index is 0. The molecule has 2 atom stereocenters. The fourth-order valence-corrected chi connectivity index (χ4v) is 4.03. The lowest BCUT2D eigenvalue weighted by Crippen LogP contribution is -2.39. The Labute approximate surface area is 209 Å². The normalized spacial score (nSPS) is 18.4. The first kappa shape index (κ1) is 26.3. The van der Waals surface area contributed by atoms with E-state index in [2.05, 4.69) is 48.5 Å². The van der Waals surface area contributed by atoms with Crippen LogP contribution in [0.25, 0.3) is 0 Å². The first-order valence-corrected chi connectivity index (χ1v) is 11.0. The van der Waals surface area contributed by atoms with E-state index in [-0.39, 0.29) is 30.1 Å². The Morgan fingerprint density at radius 2 is 1.94 bits per heavy atom. The first-order valence-electron chi connectivity index (χ1n) is 11.0. The molecule has 0 spiro atoms. The maximum absolute atomic E-state index is 6.15. The molecule has 2 aromatic rings. The number of hydrogen-bond acceptors (Lipinski definition) is 4. The van der Waals surface area contributed by atoms with Crippen LogP contribution in [0.2, 0.25) is 0 Å². The Morgan fingerprint density at radius 1 is 1.16 bits per heavy atom. The minimum atomic E-state index is 0. The van der Waals surface area contributed by atoms with Crippen LogP contribution in [0.15, 0.2) is 53.5 Å². The molecule has 0 bridgehead atoms. The van der Waals surface area contributed by atoms with Crippen LogP contribution >= 0.6 is 24.0 Å². The van der Waals surface area contributed by atoms with Gasteiger partial charge in [-0.2, -0.15) is 0 Å². The summed E-state index contributed by atoms with van der Waals surface area (Å²) in [6.07, 6.45) is 2.31. The molecule has 1 N–H and O–H groups in total. The fourth-order valence-electron chi connectivity index (χ4n) is 4.03. The predicted octanol–water partition coefficient (Wildman–Crippen LogP) is 4.89. The molecule has 32 heavy (non-hydrogen) atoms. The van der Waals surface area contributed by atoms with Gasteiger partial charge in [-0.1, -0.05) is 30.3 Å². The molecule has 0 amide bonds. The number of rotatable bonds is 8. The van der Waals surface area contributed by atoms with Gasteiger partial charge in [-0.25, -0.2) is 0 Å². The first-order chi connectivity index (χ1) is 15.2. The lowest BCUT2D eigenvalue weighted by molar-refractivity contribution is -0.0250. The second-order valence-corrected chi connectivity index (χ2v) is 7.83. The van der Waals surface area contributed by atoms with Gasteiger partial charge in [-0.15, -0.1) is 24.0 Å². The molecular weight excluding hydrogens is 517 g/mol. The van der Waals surface area contributed by atoms with Crippen molar-refractivity contribution >= 4 is 29.9 Å². The summed E-state index contributed by atoms with van der Waals surface area (Å²) >= 11 is 0. The van der Waals surface area contributed by atoms with E-state index in [1.807, 2.05) is 24.3 Å². The van der Waals surface area contributed by atoms with Crippen molar-refractivity contribution in [3.8, 4) is 11.5 Å². The molecule has 2 aromatic carbocycles. The lowest BCUT2D eigenvalue weighted by atomic mass is 9.89. The predicted molar refractivity (Wildman–Crippen MR) is 140 cm³/mol. The molecule has 1 saturated heterocycles. The van der Waals surface area contributed by atoms with E-state index in [1.165, 1.54) is 5.56 Å².